The standard InChI is InChI=1S/C16H14Cl4/c17-10-16(11-18,13-2-1-3-15(20)8-13)9-12-4-6-14(19)7-5-12/h1-8H,9-11H2. The molecule has 0 saturated heterocycles. The van der Waals surface area contributed by atoms with Crippen LogP contribution in [0.15, 0.2) is 48.5 Å². The molecule has 0 fully saturated rings. The minimum atomic E-state index is -0.332. The molecule has 4 heteroatoms. The Hall–Kier alpha value is -0.400. The molecule has 0 saturated carbocycles. The Morgan fingerprint density at radius 3 is 2.00 bits per heavy atom. The molecule has 0 radical (unpaired) electrons. The van der Waals surface area contributed by atoms with Gasteiger partial charge in [-0.1, -0.05) is 47.5 Å². The summed E-state index contributed by atoms with van der Waals surface area (Å²) in [6.45, 7) is 0. The lowest BCUT2D eigenvalue weighted by molar-refractivity contribution is 0.536. The lowest BCUT2D eigenvalue weighted by Crippen LogP contribution is -2.33. The van der Waals surface area contributed by atoms with E-state index in [-0.39, 0.29) is 5.41 Å². The van der Waals surface area contributed by atoms with E-state index in [4.69, 9.17) is 46.4 Å². The van der Waals surface area contributed by atoms with Crippen molar-refractivity contribution >= 4 is 46.4 Å². The van der Waals surface area contributed by atoms with Crippen molar-refractivity contribution in [2.75, 3.05) is 11.8 Å². The minimum Gasteiger partial charge on any atom is -0.126 e. The number of halogens is 4. The van der Waals surface area contributed by atoms with Gasteiger partial charge in [-0.2, -0.15) is 0 Å². The molecule has 0 spiro atoms. The third kappa shape index (κ3) is 3.62. The van der Waals surface area contributed by atoms with Gasteiger partial charge in [0.1, 0.15) is 0 Å². The van der Waals surface area contributed by atoms with Crippen LogP contribution in [-0.2, 0) is 11.8 Å². The fourth-order valence-electron chi connectivity index (χ4n) is 2.20. The van der Waals surface area contributed by atoms with Crippen molar-refractivity contribution in [1.29, 1.82) is 0 Å². The summed E-state index contributed by atoms with van der Waals surface area (Å²) < 4.78 is 0. The van der Waals surface area contributed by atoms with E-state index in [0.29, 0.717) is 16.8 Å². The molecule has 106 valence electrons. The molecule has 0 heterocycles. The van der Waals surface area contributed by atoms with Gasteiger partial charge in [0.2, 0.25) is 0 Å². The normalized spacial score (nSPS) is 11.6. The Morgan fingerprint density at radius 1 is 0.800 bits per heavy atom. The van der Waals surface area contributed by atoms with Crippen LogP contribution in [0, 0.1) is 0 Å². The van der Waals surface area contributed by atoms with Gasteiger partial charge in [-0.15, -0.1) is 23.2 Å². The van der Waals surface area contributed by atoms with E-state index in [1.807, 2.05) is 48.5 Å². The second kappa shape index (κ2) is 7.04. The van der Waals surface area contributed by atoms with Crippen molar-refractivity contribution in [3.8, 4) is 0 Å². The van der Waals surface area contributed by atoms with Gasteiger partial charge in [0.15, 0.2) is 0 Å². The summed E-state index contributed by atoms with van der Waals surface area (Å²) in [5.41, 5.74) is 1.88. The first-order valence-electron chi connectivity index (χ1n) is 6.22. The zero-order chi connectivity index (χ0) is 14.6. The fourth-order valence-corrected chi connectivity index (χ4v) is 3.30. The van der Waals surface area contributed by atoms with E-state index in [0.717, 1.165) is 22.6 Å². The van der Waals surface area contributed by atoms with Crippen LogP contribution in [0.4, 0.5) is 0 Å². The predicted molar refractivity (Wildman–Crippen MR) is 89.7 cm³/mol. The molecular formula is C16H14Cl4. The molecule has 0 atom stereocenters. The Labute approximate surface area is 139 Å². The lowest BCUT2D eigenvalue weighted by Gasteiger charge is -2.30. The number of alkyl halides is 2. The second-order valence-corrected chi connectivity index (χ2v) is 6.27. The molecule has 0 aliphatic heterocycles. The van der Waals surface area contributed by atoms with Crippen molar-refractivity contribution < 1.29 is 0 Å². The highest BCUT2D eigenvalue weighted by atomic mass is 35.5. The molecular weight excluding hydrogens is 334 g/mol. The van der Waals surface area contributed by atoms with Gasteiger partial charge >= 0.3 is 0 Å². The Kier molecular flexibility index (Phi) is 5.63. The summed E-state index contributed by atoms with van der Waals surface area (Å²) in [4.78, 5) is 0. The topological polar surface area (TPSA) is 0 Å². The van der Waals surface area contributed by atoms with E-state index in [1.54, 1.807) is 0 Å². The summed E-state index contributed by atoms with van der Waals surface area (Å²) in [6, 6.07) is 15.5. The monoisotopic (exact) mass is 346 g/mol. The Balaban J connectivity index is 2.36. The Bertz CT molecular complexity index is 559. The van der Waals surface area contributed by atoms with Crippen LogP contribution in [0.1, 0.15) is 11.1 Å². The van der Waals surface area contributed by atoms with Gasteiger partial charge < -0.3 is 0 Å². The van der Waals surface area contributed by atoms with Gasteiger partial charge in [0, 0.05) is 27.2 Å². The number of benzene rings is 2. The average Bonchev–Trinajstić information content (AvgIpc) is 2.47. The molecule has 0 aliphatic carbocycles. The summed E-state index contributed by atoms with van der Waals surface area (Å²) in [6.07, 6.45) is 0.748. The van der Waals surface area contributed by atoms with Gasteiger partial charge in [-0.3, -0.25) is 0 Å². The maximum atomic E-state index is 6.24. The van der Waals surface area contributed by atoms with Gasteiger partial charge in [-0.05, 0) is 41.8 Å². The first-order valence-corrected chi connectivity index (χ1v) is 8.04. The zero-order valence-corrected chi connectivity index (χ0v) is 13.8. The van der Waals surface area contributed by atoms with E-state index in [2.05, 4.69) is 0 Å². The van der Waals surface area contributed by atoms with Crippen LogP contribution >= 0.6 is 46.4 Å². The first-order chi connectivity index (χ1) is 9.59. The quantitative estimate of drug-likeness (QED) is 0.586. The SMILES string of the molecule is ClCC(CCl)(Cc1ccc(Cl)cc1)c1cccc(Cl)c1. The molecule has 2 aromatic carbocycles. The summed E-state index contributed by atoms with van der Waals surface area (Å²) >= 11 is 24.5. The van der Waals surface area contributed by atoms with Crippen molar-refractivity contribution in [3.63, 3.8) is 0 Å². The average molecular weight is 348 g/mol. The van der Waals surface area contributed by atoms with Gasteiger partial charge in [0.25, 0.3) is 0 Å². The van der Waals surface area contributed by atoms with E-state index >= 15 is 0 Å². The largest absolute Gasteiger partial charge is 0.126 e. The summed E-state index contributed by atoms with van der Waals surface area (Å²) in [5, 5.41) is 1.41. The Morgan fingerprint density at radius 2 is 1.45 bits per heavy atom. The van der Waals surface area contributed by atoms with Gasteiger partial charge in [-0.25, -0.2) is 0 Å². The third-order valence-corrected chi connectivity index (χ3v) is 4.91. The van der Waals surface area contributed by atoms with Crippen LogP contribution < -0.4 is 0 Å². The van der Waals surface area contributed by atoms with Crippen molar-refractivity contribution in [2.24, 2.45) is 0 Å². The van der Waals surface area contributed by atoms with Crippen molar-refractivity contribution in [1.82, 2.24) is 0 Å². The molecule has 0 aromatic heterocycles. The fraction of sp³-hybridized carbons (Fsp3) is 0.250. The molecule has 0 amide bonds. The molecule has 2 rings (SSSR count). The highest BCUT2D eigenvalue weighted by Gasteiger charge is 2.31. The minimum absolute atomic E-state index is 0.332. The van der Waals surface area contributed by atoms with Crippen LogP contribution in [-0.4, -0.2) is 11.8 Å². The summed E-state index contributed by atoms with van der Waals surface area (Å²) in [5.74, 6) is 0.860. The number of hydrogen-bond donors (Lipinski definition) is 0. The van der Waals surface area contributed by atoms with E-state index < -0.39 is 0 Å². The highest BCUT2D eigenvalue weighted by molar-refractivity contribution is 6.31. The summed E-state index contributed by atoms with van der Waals surface area (Å²) in [7, 11) is 0. The molecule has 0 unspecified atom stereocenters. The predicted octanol–water partition coefficient (Wildman–Crippen LogP) is 5.95. The molecule has 2 aromatic rings. The molecule has 0 nitrogen and oxygen atoms in total. The molecule has 20 heavy (non-hydrogen) atoms. The van der Waals surface area contributed by atoms with Crippen LogP contribution in [0.3, 0.4) is 0 Å². The van der Waals surface area contributed by atoms with Crippen LogP contribution in [0.25, 0.3) is 0 Å². The van der Waals surface area contributed by atoms with Crippen LogP contribution in [0.5, 0.6) is 0 Å². The number of hydrogen-bond acceptors (Lipinski definition) is 0. The van der Waals surface area contributed by atoms with Crippen molar-refractivity contribution in [2.45, 2.75) is 11.8 Å². The van der Waals surface area contributed by atoms with Crippen LogP contribution in [0.2, 0.25) is 10.0 Å². The highest BCUT2D eigenvalue weighted by Crippen LogP contribution is 2.33. The van der Waals surface area contributed by atoms with E-state index in [1.165, 1.54) is 0 Å². The second-order valence-electron chi connectivity index (χ2n) is 4.86. The first kappa shape index (κ1) is 16.0. The van der Waals surface area contributed by atoms with E-state index in [9.17, 15) is 0 Å². The smallest absolute Gasteiger partial charge is 0.0408 e. The lowest BCUT2D eigenvalue weighted by atomic mass is 9.79. The maximum Gasteiger partial charge on any atom is 0.0408 e. The molecule has 0 aliphatic rings. The molecule has 0 N–H and O–H groups in total. The van der Waals surface area contributed by atoms with Crippen molar-refractivity contribution in [3.05, 3.63) is 69.7 Å². The third-order valence-electron chi connectivity index (χ3n) is 3.40. The maximum absolute atomic E-state index is 6.24. The zero-order valence-electron chi connectivity index (χ0n) is 10.8. The van der Waals surface area contributed by atoms with Gasteiger partial charge in [0.05, 0.1) is 0 Å². The number of rotatable bonds is 5. The molecule has 0 bridgehead atoms.